The molecule has 0 bridgehead atoms. The maximum absolute atomic E-state index is 6.06. The third kappa shape index (κ3) is 3.44. The van der Waals surface area contributed by atoms with Gasteiger partial charge in [-0.2, -0.15) is 0 Å². The quantitative estimate of drug-likeness (QED) is 0.708. The van der Waals surface area contributed by atoms with Gasteiger partial charge in [-0.3, -0.25) is 4.90 Å². The van der Waals surface area contributed by atoms with E-state index in [1.54, 1.807) is 0 Å². The summed E-state index contributed by atoms with van der Waals surface area (Å²) in [6, 6.07) is 0.538. The lowest BCUT2D eigenvalue weighted by atomic mass is 9.72. The molecule has 108 valence electrons. The molecular formula is C14H31N3O. The van der Waals surface area contributed by atoms with Gasteiger partial charge in [0.05, 0.1) is 6.10 Å². The van der Waals surface area contributed by atoms with Crippen molar-refractivity contribution in [1.29, 1.82) is 0 Å². The molecule has 18 heavy (non-hydrogen) atoms. The second kappa shape index (κ2) is 6.85. The van der Waals surface area contributed by atoms with Crippen molar-refractivity contribution in [2.75, 3.05) is 40.3 Å². The average molecular weight is 257 g/mol. The molecule has 0 amide bonds. The van der Waals surface area contributed by atoms with Gasteiger partial charge in [-0.25, -0.2) is 0 Å². The number of rotatable bonds is 8. The molecule has 1 aliphatic carbocycles. The Labute approximate surface area is 112 Å². The molecule has 4 heteroatoms. The topological polar surface area (TPSA) is 41.7 Å². The molecule has 4 nitrogen and oxygen atoms in total. The lowest BCUT2D eigenvalue weighted by molar-refractivity contribution is -0.111. The summed E-state index contributed by atoms with van der Waals surface area (Å²) in [6.07, 6.45) is 2.59. The first kappa shape index (κ1) is 15.9. The highest BCUT2D eigenvalue weighted by atomic mass is 16.5. The molecule has 2 N–H and O–H groups in total. The second-order valence-corrected chi connectivity index (χ2v) is 5.81. The van der Waals surface area contributed by atoms with Crippen molar-refractivity contribution in [3.8, 4) is 0 Å². The summed E-state index contributed by atoms with van der Waals surface area (Å²) in [6.45, 7) is 10.3. The summed E-state index contributed by atoms with van der Waals surface area (Å²) in [4.78, 5) is 4.82. The molecule has 0 aromatic rings. The van der Waals surface area contributed by atoms with Gasteiger partial charge in [0.2, 0.25) is 0 Å². The third-order valence-corrected chi connectivity index (χ3v) is 4.11. The first-order chi connectivity index (χ1) is 8.49. The highest BCUT2D eigenvalue weighted by molar-refractivity contribution is 5.05. The first-order valence-electron chi connectivity index (χ1n) is 7.22. The van der Waals surface area contributed by atoms with E-state index in [9.17, 15) is 0 Å². The van der Waals surface area contributed by atoms with Gasteiger partial charge < -0.3 is 15.4 Å². The predicted molar refractivity (Wildman–Crippen MR) is 76.8 cm³/mol. The Kier molecular flexibility index (Phi) is 6.05. The standard InChI is InChI=1S/C14H31N3O/c1-6-17(12(3)10-16(4)5)14(11-15)8-13(9-14)18-7-2/h12-13H,6-11,15H2,1-5H3. The summed E-state index contributed by atoms with van der Waals surface area (Å²) in [5.41, 5.74) is 6.23. The molecule has 0 heterocycles. The highest BCUT2D eigenvalue weighted by Gasteiger charge is 2.48. The predicted octanol–water partition coefficient (Wildman–Crippen LogP) is 1.15. The molecule has 1 rings (SSSR count). The minimum Gasteiger partial charge on any atom is -0.378 e. The fourth-order valence-electron chi connectivity index (χ4n) is 3.40. The molecule has 1 atom stereocenters. The fraction of sp³-hybridized carbons (Fsp3) is 1.00. The van der Waals surface area contributed by atoms with E-state index in [0.29, 0.717) is 12.1 Å². The van der Waals surface area contributed by atoms with Crippen LogP contribution in [-0.4, -0.2) is 67.8 Å². The zero-order valence-electron chi connectivity index (χ0n) is 12.8. The molecular weight excluding hydrogens is 226 g/mol. The Bertz CT molecular complexity index is 239. The molecule has 0 aromatic heterocycles. The molecule has 1 fully saturated rings. The van der Waals surface area contributed by atoms with Crippen LogP contribution >= 0.6 is 0 Å². The van der Waals surface area contributed by atoms with Crippen molar-refractivity contribution in [2.45, 2.75) is 51.3 Å². The van der Waals surface area contributed by atoms with Crippen molar-refractivity contribution in [3.63, 3.8) is 0 Å². The fourth-order valence-corrected chi connectivity index (χ4v) is 3.40. The van der Waals surface area contributed by atoms with Crippen LogP contribution < -0.4 is 5.73 Å². The monoisotopic (exact) mass is 257 g/mol. The van der Waals surface area contributed by atoms with E-state index in [0.717, 1.165) is 39.1 Å². The van der Waals surface area contributed by atoms with Crippen molar-refractivity contribution >= 4 is 0 Å². The van der Waals surface area contributed by atoms with Crippen LogP contribution in [0.4, 0.5) is 0 Å². The number of ether oxygens (including phenoxy) is 1. The first-order valence-corrected chi connectivity index (χ1v) is 7.22. The Balaban J connectivity index is 2.62. The number of nitrogens with zero attached hydrogens (tertiary/aromatic N) is 2. The number of hydrogen-bond acceptors (Lipinski definition) is 4. The molecule has 0 radical (unpaired) electrons. The van der Waals surface area contributed by atoms with Gasteiger partial charge in [-0.05, 0) is 47.3 Å². The minimum atomic E-state index is 0.171. The molecule has 1 unspecified atom stereocenters. The molecule has 0 spiro atoms. The van der Waals surface area contributed by atoms with E-state index in [1.807, 2.05) is 0 Å². The van der Waals surface area contributed by atoms with E-state index in [4.69, 9.17) is 10.5 Å². The summed E-state index contributed by atoms with van der Waals surface area (Å²) >= 11 is 0. The molecule has 0 saturated heterocycles. The molecule has 0 aromatic carbocycles. The van der Waals surface area contributed by atoms with Gasteiger partial charge in [0.1, 0.15) is 0 Å². The second-order valence-electron chi connectivity index (χ2n) is 5.81. The number of likely N-dealkylation sites (N-methyl/N-ethyl adjacent to an activating group) is 2. The van der Waals surface area contributed by atoms with Gasteiger partial charge in [0, 0.05) is 31.3 Å². The van der Waals surface area contributed by atoms with Crippen LogP contribution in [0.15, 0.2) is 0 Å². The Hall–Kier alpha value is -0.160. The summed E-state index contributed by atoms with van der Waals surface area (Å²) in [7, 11) is 4.26. The summed E-state index contributed by atoms with van der Waals surface area (Å²) in [5.74, 6) is 0. The maximum Gasteiger partial charge on any atom is 0.0611 e. The van der Waals surface area contributed by atoms with Gasteiger partial charge in [-0.15, -0.1) is 0 Å². The summed E-state index contributed by atoms with van der Waals surface area (Å²) < 4.78 is 5.70. The number of nitrogens with two attached hydrogens (primary N) is 1. The lowest BCUT2D eigenvalue weighted by Gasteiger charge is -2.55. The normalized spacial score (nSPS) is 29.7. The Morgan fingerprint density at radius 3 is 2.33 bits per heavy atom. The van der Waals surface area contributed by atoms with E-state index in [2.05, 4.69) is 44.7 Å². The average Bonchev–Trinajstić information content (AvgIpc) is 2.25. The minimum absolute atomic E-state index is 0.171. The van der Waals surface area contributed by atoms with Crippen LogP contribution in [0.3, 0.4) is 0 Å². The van der Waals surface area contributed by atoms with Crippen LogP contribution in [0.5, 0.6) is 0 Å². The third-order valence-electron chi connectivity index (χ3n) is 4.11. The molecule has 0 aliphatic heterocycles. The van der Waals surface area contributed by atoms with Crippen LogP contribution in [0.2, 0.25) is 0 Å². The lowest BCUT2D eigenvalue weighted by Crippen LogP contribution is -2.66. The van der Waals surface area contributed by atoms with E-state index >= 15 is 0 Å². The largest absolute Gasteiger partial charge is 0.378 e. The molecule has 1 saturated carbocycles. The molecule has 1 aliphatic rings. The van der Waals surface area contributed by atoms with Crippen LogP contribution in [0.1, 0.15) is 33.6 Å². The maximum atomic E-state index is 6.06. The van der Waals surface area contributed by atoms with Crippen LogP contribution in [0, 0.1) is 0 Å². The van der Waals surface area contributed by atoms with Crippen LogP contribution in [0.25, 0.3) is 0 Å². The van der Waals surface area contributed by atoms with Crippen molar-refractivity contribution < 1.29 is 4.74 Å². The van der Waals surface area contributed by atoms with Gasteiger partial charge in [0.15, 0.2) is 0 Å². The van der Waals surface area contributed by atoms with E-state index < -0.39 is 0 Å². The van der Waals surface area contributed by atoms with Crippen molar-refractivity contribution in [2.24, 2.45) is 5.73 Å². The highest BCUT2D eigenvalue weighted by Crippen LogP contribution is 2.40. The Morgan fingerprint density at radius 1 is 1.33 bits per heavy atom. The zero-order valence-corrected chi connectivity index (χ0v) is 12.8. The summed E-state index contributed by atoms with van der Waals surface area (Å²) in [5, 5.41) is 0. The van der Waals surface area contributed by atoms with E-state index in [1.165, 1.54) is 0 Å². The van der Waals surface area contributed by atoms with Crippen LogP contribution in [-0.2, 0) is 4.74 Å². The number of hydrogen-bond donors (Lipinski definition) is 1. The van der Waals surface area contributed by atoms with Crippen molar-refractivity contribution in [1.82, 2.24) is 9.80 Å². The van der Waals surface area contributed by atoms with Gasteiger partial charge >= 0.3 is 0 Å². The van der Waals surface area contributed by atoms with Gasteiger partial charge in [0.25, 0.3) is 0 Å². The SMILES string of the molecule is CCOC1CC(CN)(N(CC)C(C)CN(C)C)C1. The van der Waals surface area contributed by atoms with E-state index in [-0.39, 0.29) is 5.54 Å². The van der Waals surface area contributed by atoms with Crippen molar-refractivity contribution in [3.05, 3.63) is 0 Å². The van der Waals surface area contributed by atoms with Gasteiger partial charge in [-0.1, -0.05) is 6.92 Å². The zero-order chi connectivity index (χ0) is 13.8. The smallest absolute Gasteiger partial charge is 0.0611 e. The Morgan fingerprint density at radius 2 is 1.94 bits per heavy atom.